The lowest BCUT2D eigenvalue weighted by Crippen LogP contribution is -2.50. The molecule has 3 aromatic rings. The Morgan fingerprint density at radius 1 is 1.03 bits per heavy atom. The summed E-state index contributed by atoms with van der Waals surface area (Å²) in [5.41, 5.74) is 1.30. The van der Waals surface area contributed by atoms with Crippen LogP contribution in [0.2, 0.25) is 5.02 Å². The molecule has 168 valence electrons. The van der Waals surface area contributed by atoms with E-state index in [0.29, 0.717) is 23.0 Å². The fraction of sp³-hybridized carbons (Fsp3) is 0.333. The van der Waals surface area contributed by atoms with Crippen LogP contribution < -0.4 is 10.2 Å². The molecule has 32 heavy (non-hydrogen) atoms. The van der Waals surface area contributed by atoms with Crippen LogP contribution in [0.15, 0.2) is 48.5 Å². The minimum atomic E-state index is -0.490. The molecule has 2 amide bonds. The first kappa shape index (κ1) is 22.4. The molecule has 1 fully saturated rings. The number of carbonyl (C=O) groups is 2. The Bertz CT molecular complexity index is 1130. The van der Waals surface area contributed by atoms with E-state index in [1.54, 1.807) is 4.90 Å². The molecule has 1 aromatic heterocycles. The van der Waals surface area contributed by atoms with Crippen molar-refractivity contribution >= 4 is 56.4 Å². The molecule has 0 radical (unpaired) electrons. The zero-order valence-corrected chi connectivity index (χ0v) is 19.9. The number of piperazine rings is 1. The summed E-state index contributed by atoms with van der Waals surface area (Å²) in [4.78, 5) is 29.5. The van der Waals surface area contributed by atoms with Crippen molar-refractivity contribution in [3.8, 4) is 0 Å². The number of rotatable bonds is 3. The van der Waals surface area contributed by atoms with Crippen molar-refractivity contribution in [2.24, 2.45) is 0 Å². The zero-order valence-electron chi connectivity index (χ0n) is 18.4. The van der Waals surface area contributed by atoms with Crippen LogP contribution in [0.25, 0.3) is 10.1 Å². The van der Waals surface area contributed by atoms with Gasteiger partial charge in [-0.05, 0) is 63.2 Å². The summed E-state index contributed by atoms with van der Waals surface area (Å²) >= 11 is 7.65. The second-order valence-corrected chi connectivity index (χ2v) is 10.2. The highest BCUT2D eigenvalue weighted by Gasteiger charge is 2.26. The highest BCUT2D eigenvalue weighted by molar-refractivity contribution is 7.21. The summed E-state index contributed by atoms with van der Waals surface area (Å²) in [5, 5.41) is 4.49. The van der Waals surface area contributed by atoms with Crippen LogP contribution in [0.5, 0.6) is 0 Å². The molecule has 0 bridgehead atoms. The van der Waals surface area contributed by atoms with E-state index in [-0.39, 0.29) is 12.0 Å². The molecule has 2 aromatic carbocycles. The van der Waals surface area contributed by atoms with Crippen molar-refractivity contribution < 1.29 is 14.3 Å². The van der Waals surface area contributed by atoms with Crippen LogP contribution >= 0.6 is 22.9 Å². The number of hydrogen-bond acceptors (Lipinski definition) is 5. The maximum absolute atomic E-state index is 12.7. The van der Waals surface area contributed by atoms with E-state index in [4.69, 9.17) is 16.3 Å². The molecular formula is C24H26ClN3O3S. The number of carbonyl (C=O) groups excluding carboxylic acids is 2. The van der Waals surface area contributed by atoms with Gasteiger partial charge in [0.15, 0.2) is 0 Å². The summed E-state index contributed by atoms with van der Waals surface area (Å²) in [6, 6.07) is 15.3. The Kier molecular flexibility index (Phi) is 6.31. The summed E-state index contributed by atoms with van der Waals surface area (Å²) in [5.74, 6) is -0.152. The Morgan fingerprint density at radius 3 is 2.34 bits per heavy atom. The molecule has 0 saturated carbocycles. The number of hydrogen-bond donors (Lipinski definition) is 1. The second kappa shape index (κ2) is 9.00. The fourth-order valence-corrected chi connectivity index (χ4v) is 4.83. The van der Waals surface area contributed by atoms with Crippen molar-refractivity contribution in [3.05, 3.63) is 58.4 Å². The maximum atomic E-state index is 12.7. The number of fused-ring (bicyclic) bond motifs is 1. The number of ether oxygens (including phenoxy) is 1. The van der Waals surface area contributed by atoms with Gasteiger partial charge < -0.3 is 19.9 Å². The van der Waals surface area contributed by atoms with Gasteiger partial charge >= 0.3 is 6.09 Å². The number of nitrogens with one attached hydrogen (secondary N) is 1. The maximum Gasteiger partial charge on any atom is 0.410 e. The number of halogens is 1. The molecule has 8 heteroatoms. The lowest BCUT2D eigenvalue weighted by atomic mass is 10.2. The van der Waals surface area contributed by atoms with Crippen molar-refractivity contribution in [2.45, 2.75) is 26.4 Å². The quantitative estimate of drug-likeness (QED) is 0.519. The molecule has 0 atom stereocenters. The molecule has 2 heterocycles. The molecule has 0 unspecified atom stereocenters. The summed E-state index contributed by atoms with van der Waals surface area (Å²) in [7, 11) is 0. The van der Waals surface area contributed by atoms with E-state index >= 15 is 0 Å². The van der Waals surface area contributed by atoms with Gasteiger partial charge in [0, 0.05) is 52.7 Å². The predicted molar refractivity (Wildman–Crippen MR) is 131 cm³/mol. The molecule has 1 N–H and O–H groups in total. The Morgan fingerprint density at radius 2 is 1.72 bits per heavy atom. The Hall–Kier alpha value is -2.77. The molecule has 4 rings (SSSR count). The number of benzene rings is 2. The van der Waals surface area contributed by atoms with E-state index in [1.807, 2.05) is 69.3 Å². The third kappa shape index (κ3) is 5.16. The van der Waals surface area contributed by atoms with Gasteiger partial charge in [-0.2, -0.15) is 0 Å². The van der Waals surface area contributed by atoms with Crippen molar-refractivity contribution in [1.82, 2.24) is 4.90 Å². The van der Waals surface area contributed by atoms with E-state index in [9.17, 15) is 9.59 Å². The van der Waals surface area contributed by atoms with Crippen LogP contribution in [-0.4, -0.2) is 48.7 Å². The van der Waals surface area contributed by atoms with Crippen molar-refractivity contribution in [2.75, 3.05) is 36.4 Å². The molecule has 0 aliphatic carbocycles. The minimum Gasteiger partial charge on any atom is -0.444 e. The number of thiophene rings is 1. The SMILES string of the molecule is CC(C)(C)OC(=O)N1CCN(c2ccc(NC(=O)c3cc4c(Cl)cccc4s3)cc2)CC1. The minimum absolute atomic E-state index is 0.152. The largest absolute Gasteiger partial charge is 0.444 e. The third-order valence-corrected chi connectivity index (χ3v) is 6.58. The smallest absolute Gasteiger partial charge is 0.410 e. The Labute approximate surface area is 196 Å². The monoisotopic (exact) mass is 471 g/mol. The van der Waals surface area contributed by atoms with E-state index in [2.05, 4.69) is 10.2 Å². The fourth-order valence-electron chi connectivity index (χ4n) is 3.56. The summed E-state index contributed by atoms with van der Waals surface area (Å²) in [6.45, 7) is 8.30. The highest BCUT2D eigenvalue weighted by atomic mass is 35.5. The lowest BCUT2D eigenvalue weighted by Gasteiger charge is -2.36. The average molecular weight is 472 g/mol. The van der Waals surface area contributed by atoms with Crippen molar-refractivity contribution in [1.29, 1.82) is 0 Å². The van der Waals surface area contributed by atoms with Crippen LogP contribution in [0.1, 0.15) is 30.4 Å². The standard InChI is InChI=1S/C24H26ClN3O3S/c1-24(2,3)31-23(30)28-13-11-27(12-14-28)17-9-7-16(8-10-17)26-22(29)21-15-18-19(25)5-4-6-20(18)32-21/h4-10,15H,11-14H2,1-3H3,(H,26,29). The number of anilines is 2. The topological polar surface area (TPSA) is 61.9 Å². The Balaban J connectivity index is 1.35. The van der Waals surface area contributed by atoms with Gasteiger partial charge in [-0.3, -0.25) is 4.79 Å². The van der Waals surface area contributed by atoms with E-state index < -0.39 is 5.60 Å². The van der Waals surface area contributed by atoms with Crippen LogP contribution in [-0.2, 0) is 4.74 Å². The van der Waals surface area contributed by atoms with Gasteiger partial charge in [-0.1, -0.05) is 17.7 Å². The molecule has 0 spiro atoms. The molecule has 6 nitrogen and oxygen atoms in total. The molecular weight excluding hydrogens is 446 g/mol. The van der Waals surface area contributed by atoms with Crippen molar-refractivity contribution in [3.63, 3.8) is 0 Å². The van der Waals surface area contributed by atoms with Crippen LogP contribution in [0.4, 0.5) is 16.2 Å². The van der Waals surface area contributed by atoms with Gasteiger partial charge in [0.2, 0.25) is 0 Å². The predicted octanol–water partition coefficient (Wildman–Crippen LogP) is 5.86. The zero-order chi connectivity index (χ0) is 22.9. The molecule has 1 saturated heterocycles. The van der Waals surface area contributed by atoms with Gasteiger partial charge in [0.25, 0.3) is 5.91 Å². The third-order valence-electron chi connectivity index (χ3n) is 5.15. The van der Waals surface area contributed by atoms with E-state index in [1.165, 1.54) is 11.3 Å². The van der Waals surface area contributed by atoms with E-state index in [0.717, 1.165) is 34.6 Å². The molecule has 1 aliphatic heterocycles. The first-order valence-corrected chi connectivity index (χ1v) is 11.7. The lowest BCUT2D eigenvalue weighted by molar-refractivity contribution is 0.0240. The number of nitrogens with zero attached hydrogens (tertiary/aromatic N) is 2. The first-order chi connectivity index (χ1) is 15.2. The molecule has 1 aliphatic rings. The normalized spacial score (nSPS) is 14.5. The summed E-state index contributed by atoms with van der Waals surface area (Å²) < 4.78 is 6.44. The van der Waals surface area contributed by atoms with Gasteiger partial charge in [-0.25, -0.2) is 4.79 Å². The van der Waals surface area contributed by atoms with Gasteiger partial charge in [-0.15, -0.1) is 11.3 Å². The average Bonchev–Trinajstić information content (AvgIpc) is 3.19. The summed E-state index contributed by atoms with van der Waals surface area (Å²) in [6.07, 6.45) is -0.266. The van der Waals surface area contributed by atoms with Crippen LogP contribution in [0, 0.1) is 0 Å². The number of amides is 2. The first-order valence-electron chi connectivity index (χ1n) is 10.5. The van der Waals surface area contributed by atoms with Gasteiger partial charge in [0.1, 0.15) is 5.60 Å². The van der Waals surface area contributed by atoms with Crippen LogP contribution in [0.3, 0.4) is 0 Å². The second-order valence-electron chi connectivity index (χ2n) is 8.72. The highest BCUT2D eigenvalue weighted by Crippen LogP contribution is 2.31. The van der Waals surface area contributed by atoms with Gasteiger partial charge in [0.05, 0.1) is 4.88 Å².